The summed E-state index contributed by atoms with van der Waals surface area (Å²) in [5.74, 6) is -0.894. The number of halogens is 2. The van der Waals surface area contributed by atoms with Gasteiger partial charge in [-0.25, -0.2) is 8.78 Å². The first-order chi connectivity index (χ1) is 8.69. The molecule has 0 fully saturated rings. The van der Waals surface area contributed by atoms with Crippen molar-refractivity contribution in [3.05, 3.63) is 66.1 Å². The van der Waals surface area contributed by atoms with Gasteiger partial charge in [-0.2, -0.15) is 5.26 Å². The van der Waals surface area contributed by atoms with Crippen molar-refractivity contribution in [1.29, 1.82) is 5.26 Å². The molecule has 0 saturated heterocycles. The molecule has 0 aliphatic rings. The van der Waals surface area contributed by atoms with Crippen LogP contribution in [0.5, 0.6) is 11.5 Å². The minimum atomic E-state index is -0.575. The molecule has 0 aliphatic carbocycles. The predicted molar refractivity (Wildman–Crippen MR) is 61.9 cm³/mol. The Morgan fingerprint density at radius 2 is 1.94 bits per heavy atom. The van der Waals surface area contributed by atoms with E-state index in [9.17, 15) is 8.78 Å². The largest absolute Gasteiger partial charge is 0.454 e. The predicted octanol–water partition coefficient (Wildman–Crippen LogP) is 3.83. The SMILES string of the molecule is N#C[CH]c1ccc(F)c(Oc2cccc(F)c2)c1. The second-order valence-corrected chi connectivity index (χ2v) is 3.52. The molecule has 2 nitrogen and oxygen atoms in total. The summed E-state index contributed by atoms with van der Waals surface area (Å²) in [4.78, 5) is 0. The van der Waals surface area contributed by atoms with Gasteiger partial charge >= 0.3 is 0 Å². The van der Waals surface area contributed by atoms with Crippen molar-refractivity contribution in [3.8, 4) is 17.6 Å². The van der Waals surface area contributed by atoms with E-state index in [1.54, 1.807) is 0 Å². The van der Waals surface area contributed by atoms with Gasteiger partial charge in [0, 0.05) is 6.07 Å². The van der Waals surface area contributed by atoms with Crippen molar-refractivity contribution in [3.63, 3.8) is 0 Å². The number of rotatable bonds is 3. The fourth-order valence-corrected chi connectivity index (χ4v) is 1.42. The van der Waals surface area contributed by atoms with Gasteiger partial charge in [-0.3, -0.25) is 0 Å². The molecule has 0 saturated carbocycles. The molecule has 18 heavy (non-hydrogen) atoms. The minimum Gasteiger partial charge on any atom is -0.454 e. The van der Waals surface area contributed by atoms with Gasteiger partial charge in [-0.1, -0.05) is 12.1 Å². The van der Waals surface area contributed by atoms with Crippen LogP contribution in [-0.2, 0) is 0 Å². The molecule has 0 spiro atoms. The lowest BCUT2D eigenvalue weighted by atomic mass is 10.1. The molecule has 2 rings (SSSR count). The summed E-state index contributed by atoms with van der Waals surface area (Å²) in [7, 11) is 0. The fourth-order valence-electron chi connectivity index (χ4n) is 1.42. The van der Waals surface area contributed by atoms with Crippen LogP contribution in [0, 0.1) is 29.4 Å². The molecule has 0 aromatic heterocycles. The molecule has 1 radical (unpaired) electrons. The highest BCUT2D eigenvalue weighted by molar-refractivity contribution is 5.39. The Hall–Kier alpha value is -2.41. The Labute approximate surface area is 103 Å². The third kappa shape index (κ3) is 2.83. The summed E-state index contributed by atoms with van der Waals surface area (Å²) in [6, 6.07) is 11.3. The van der Waals surface area contributed by atoms with Gasteiger partial charge < -0.3 is 4.74 Å². The van der Waals surface area contributed by atoms with Crippen molar-refractivity contribution in [2.24, 2.45) is 0 Å². The number of hydrogen-bond donors (Lipinski definition) is 0. The highest BCUT2D eigenvalue weighted by atomic mass is 19.1. The standard InChI is InChI=1S/C14H8F2NO/c15-11-2-1-3-12(9-11)18-14-8-10(6-7-17)4-5-13(14)16/h1-6,8-9H. The molecule has 0 atom stereocenters. The molecule has 0 bridgehead atoms. The first-order valence-electron chi connectivity index (χ1n) is 5.15. The van der Waals surface area contributed by atoms with Crippen LogP contribution in [0.1, 0.15) is 5.56 Å². The molecule has 0 N–H and O–H groups in total. The highest BCUT2D eigenvalue weighted by Crippen LogP contribution is 2.26. The monoisotopic (exact) mass is 244 g/mol. The Morgan fingerprint density at radius 1 is 1.11 bits per heavy atom. The molecule has 0 amide bonds. The summed E-state index contributed by atoms with van der Waals surface area (Å²) in [5, 5.41) is 8.52. The van der Waals surface area contributed by atoms with Crippen LogP contribution >= 0.6 is 0 Å². The van der Waals surface area contributed by atoms with Gasteiger partial charge in [0.1, 0.15) is 11.6 Å². The van der Waals surface area contributed by atoms with Crippen LogP contribution < -0.4 is 4.74 Å². The van der Waals surface area contributed by atoms with E-state index < -0.39 is 11.6 Å². The number of benzene rings is 2. The first-order valence-corrected chi connectivity index (χ1v) is 5.15. The lowest BCUT2D eigenvalue weighted by Gasteiger charge is -2.07. The average molecular weight is 244 g/mol. The van der Waals surface area contributed by atoms with Crippen LogP contribution in [0.25, 0.3) is 0 Å². The van der Waals surface area contributed by atoms with E-state index in [4.69, 9.17) is 10.00 Å². The third-order valence-corrected chi connectivity index (χ3v) is 2.21. The molecule has 0 heterocycles. The van der Waals surface area contributed by atoms with Crippen molar-refractivity contribution < 1.29 is 13.5 Å². The second-order valence-electron chi connectivity index (χ2n) is 3.52. The first kappa shape index (κ1) is 12.1. The molecule has 0 unspecified atom stereocenters. The fraction of sp³-hybridized carbons (Fsp3) is 0. The zero-order valence-electron chi connectivity index (χ0n) is 9.23. The lowest BCUT2D eigenvalue weighted by molar-refractivity contribution is 0.438. The van der Waals surface area contributed by atoms with Crippen molar-refractivity contribution in [2.75, 3.05) is 0 Å². The van der Waals surface area contributed by atoms with E-state index in [0.717, 1.165) is 6.07 Å². The molecular weight excluding hydrogens is 236 g/mol. The van der Waals surface area contributed by atoms with Crippen LogP contribution in [0.3, 0.4) is 0 Å². The zero-order chi connectivity index (χ0) is 13.0. The summed E-state index contributed by atoms with van der Waals surface area (Å²) in [5.41, 5.74) is 0.519. The van der Waals surface area contributed by atoms with Gasteiger partial charge in [-0.05, 0) is 29.8 Å². The lowest BCUT2D eigenvalue weighted by Crippen LogP contribution is -1.90. The Balaban J connectivity index is 2.28. The number of hydrogen-bond acceptors (Lipinski definition) is 2. The van der Waals surface area contributed by atoms with Gasteiger partial charge in [0.2, 0.25) is 0 Å². The van der Waals surface area contributed by atoms with Gasteiger partial charge in [-0.15, -0.1) is 0 Å². The normalized spacial score (nSPS) is 9.83. The topological polar surface area (TPSA) is 33.0 Å². The quantitative estimate of drug-likeness (QED) is 0.821. The van der Waals surface area contributed by atoms with Crippen LogP contribution in [0.15, 0.2) is 42.5 Å². The van der Waals surface area contributed by atoms with E-state index in [-0.39, 0.29) is 11.5 Å². The maximum Gasteiger partial charge on any atom is 0.165 e. The molecule has 0 aliphatic heterocycles. The van der Waals surface area contributed by atoms with Crippen LogP contribution in [0.4, 0.5) is 8.78 Å². The Bertz CT molecular complexity index is 605. The van der Waals surface area contributed by atoms with E-state index in [1.807, 2.05) is 6.07 Å². The van der Waals surface area contributed by atoms with Gasteiger partial charge in [0.05, 0.1) is 12.5 Å². The Morgan fingerprint density at radius 3 is 2.67 bits per heavy atom. The second kappa shape index (κ2) is 5.28. The van der Waals surface area contributed by atoms with E-state index in [1.165, 1.54) is 42.8 Å². The number of nitrogens with zero attached hydrogens (tertiary/aromatic N) is 1. The number of nitriles is 1. The smallest absolute Gasteiger partial charge is 0.165 e. The highest BCUT2D eigenvalue weighted by Gasteiger charge is 2.07. The van der Waals surface area contributed by atoms with Crippen molar-refractivity contribution >= 4 is 0 Å². The zero-order valence-corrected chi connectivity index (χ0v) is 9.23. The third-order valence-electron chi connectivity index (χ3n) is 2.21. The number of ether oxygens (including phenoxy) is 1. The van der Waals surface area contributed by atoms with Gasteiger partial charge in [0.15, 0.2) is 11.6 Å². The van der Waals surface area contributed by atoms with E-state index >= 15 is 0 Å². The molecule has 89 valence electrons. The maximum atomic E-state index is 13.5. The molecule has 2 aromatic carbocycles. The average Bonchev–Trinajstić information content (AvgIpc) is 2.34. The summed E-state index contributed by atoms with van der Waals surface area (Å²) in [6.07, 6.45) is 1.26. The summed E-state index contributed by atoms with van der Waals surface area (Å²) < 4.78 is 31.7. The van der Waals surface area contributed by atoms with Crippen LogP contribution in [-0.4, -0.2) is 0 Å². The van der Waals surface area contributed by atoms with Crippen molar-refractivity contribution in [1.82, 2.24) is 0 Å². The van der Waals surface area contributed by atoms with Crippen molar-refractivity contribution in [2.45, 2.75) is 0 Å². The van der Waals surface area contributed by atoms with E-state index in [0.29, 0.717) is 5.56 Å². The molecular formula is C14H8F2NO. The van der Waals surface area contributed by atoms with Crippen LogP contribution in [0.2, 0.25) is 0 Å². The molecule has 4 heteroatoms. The minimum absolute atomic E-state index is 0.0513. The van der Waals surface area contributed by atoms with E-state index in [2.05, 4.69) is 0 Å². The summed E-state index contributed by atoms with van der Waals surface area (Å²) >= 11 is 0. The summed E-state index contributed by atoms with van der Waals surface area (Å²) in [6.45, 7) is 0. The molecule has 2 aromatic rings. The Kier molecular flexibility index (Phi) is 3.54. The van der Waals surface area contributed by atoms with Gasteiger partial charge in [0.25, 0.3) is 0 Å². The maximum absolute atomic E-state index is 13.5.